The Labute approximate surface area is 123 Å². The van der Waals surface area contributed by atoms with Crippen LogP contribution in [0.3, 0.4) is 0 Å². The minimum Gasteiger partial charge on any atom is -0.346 e. The Balaban J connectivity index is 1.69. The first kappa shape index (κ1) is 13.8. The second kappa shape index (κ2) is 5.31. The van der Waals surface area contributed by atoms with Gasteiger partial charge in [0.15, 0.2) is 0 Å². The van der Waals surface area contributed by atoms with E-state index in [4.69, 9.17) is 0 Å². The number of carbonyl (C=O) groups is 1. The Hall–Kier alpha value is -2.18. The summed E-state index contributed by atoms with van der Waals surface area (Å²) in [5.41, 5.74) is -0.308. The number of amides is 1. The van der Waals surface area contributed by atoms with Gasteiger partial charge in [0.1, 0.15) is 12.2 Å². The van der Waals surface area contributed by atoms with Crippen LogP contribution in [0.25, 0.3) is 0 Å². The summed E-state index contributed by atoms with van der Waals surface area (Å²) in [7, 11) is 1.84. The summed E-state index contributed by atoms with van der Waals surface area (Å²) in [6.45, 7) is 2.67. The molecular weight excluding hydrogens is 268 g/mol. The summed E-state index contributed by atoms with van der Waals surface area (Å²) in [6.07, 6.45) is 7.76. The molecule has 112 valence electrons. The van der Waals surface area contributed by atoms with Crippen LogP contribution in [0.4, 0.5) is 0 Å². The van der Waals surface area contributed by atoms with Crippen molar-refractivity contribution in [2.24, 2.45) is 12.5 Å². The molecular formula is C14H20N6O. The highest BCUT2D eigenvalue weighted by Crippen LogP contribution is 2.47. The highest BCUT2D eigenvalue weighted by Gasteiger charge is 2.50. The smallest absolute Gasteiger partial charge is 0.228 e. The Bertz CT molecular complexity index is 613. The zero-order chi connectivity index (χ0) is 14.9. The summed E-state index contributed by atoms with van der Waals surface area (Å²) in [5, 5.41) is 11.4. The fourth-order valence-electron chi connectivity index (χ4n) is 2.59. The first-order valence-corrected chi connectivity index (χ1v) is 7.27. The normalized spacial score (nSPS) is 17.4. The third-order valence-electron chi connectivity index (χ3n) is 4.13. The summed E-state index contributed by atoms with van der Waals surface area (Å²) in [6, 6.07) is 1.78. The van der Waals surface area contributed by atoms with Crippen LogP contribution in [0.15, 0.2) is 24.8 Å². The summed E-state index contributed by atoms with van der Waals surface area (Å²) in [5.74, 6) is 0.883. The van der Waals surface area contributed by atoms with E-state index in [0.717, 1.165) is 25.1 Å². The molecule has 2 aromatic heterocycles. The number of aromatic nitrogens is 5. The molecule has 7 nitrogen and oxygen atoms in total. The van der Waals surface area contributed by atoms with E-state index in [2.05, 4.69) is 20.5 Å². The zero-order valence-electron chi connectivity index (χ0n) is 12.4. The second-order valence-corrected chi connectivity index (χ2v) is 5.66. The van der Waals surface area contributed by atoms with Crippen molar-refractivity contribution in [3.05, 3.63) is 30.6 Å². The molecule has 3 rings (SSSR count). The van der Waals surface area contributed by atoms with Gasteiger partial charge in [-0.15, -0.1) is 0 Å². The lowest BCUT2D eigenvalue weighted by molar-refractivity contribution is -0.127. The third kappa shape index (κ3) is 2.68. The molecule has 0 aliphatic heterocycles. The molecule has 2 heterocycles. The number of rotatable bonds is 6. The molecule has 0 unspecified atom stereocenters. The molecule has 1 amide bonds. The molecule has 1 aliphatic rings. The van der Waals surface area contributed by atoms with Crippen LogP contribution < -0.4 is 5.32 Å². The lowest BCUT2D eigenvalue weighted by atomic mass is 10.1. The Morgan fingerprint density at radius 1 is 1.48 bits per heavy atom. The average molecular weight is 288 g/mol. The molecule has 1 N–H and O–H groups in total. The van der Waals surface area contributed by atoms with Gasteiger partial charge in [-0.1, -0.05) is 6.92 Å². The Morgan fingerprint density at radius 2 is 2.29 bits per heavy atom. The third-order valence-corrected chi connectivity index (χ3v) is 4.13. The predicted molar refractivity (Wildman–Crippen MR) is 76.1 cm³/mol. The average Bonchev–Trinajstić information content (AvgIpc) is 2.86. The van der Waals surface area contributed by atoms with Crippen molar-refractivity contribution < 1.29 is 4.79 Å². The van der Waals surface area contributed by atoms with Crippen LogP contribution in [-0.4, -0.2) is 30.5 Å². The molecule has 0 bridgehead atoms. The van der Waals surface area contributed by atoms with Crippen molar-refractivity contribution in [1.82, 2.24) is 29.9 Å². The monoisotopic (exact) mass is 288 g/mol. The summed E-state index contributed by atoms with van der Waals surface area (Å²) >= 11 is 0. The van der Waals surface area contributed by atoms with E-state index in [9.17, 15) is 4.79 Å². The molecule has 0 saturated heterocycles. The van der Waals surface area contributed by atoms with Crippen molar-refractivity contribution in [3.63, 3.8) is 0 Å². The second-order valence-electron chi connectivity index (χ2n) is 5.66. The molecule has 0 spiro atoms. The number of hydrogen-bond acceptors (Lipinski definition) is 4. The van der Waals surface area contributed by atoms with Crippen LogP contribution in [-0.2, 0) is 18.4 Å². The molecule has 1 saturated carbocycles. The maximum absolute atomic E-state index is 12.6. The number of aryl methyl sites for hydroxylation is 1. The van der Waals surface area contributed by atoms with E-state index in [-0.39, 0.29) is 17.4 Å². The van der Waals surface area contributed by atoms with E-state index in [0.29, 0.717) is 6.54 Å². The van der Waals surface area contributed by atoms with Crippen molar-refractivity contribution in [3.8, 4) is 0 Å². The fraction of sp³-hybridized carbons (Fsp3) is 0.571. The number of carbonyl (C=O) groups excluding carboxylic acids is 1. The van der Waals surface area contributed by atoms with Gasteiger partial charge in [-0.3, -0.25) is 14.2 Å². The molecule has 7 heteroatoms. The quantitative estimate of drug-likeness (QED) is 0.862. The SMILES string of the molecule is CC[C@H](NC(=O)C1(Cn2cccn2)CC1)c1ncnn1C. The van der Waals surface area contributed by atoms with Gasteiger partial charge >= 0.3 is 0 Å². The minimum absolute atomic E-state index is 0.0906. The van der Waals surface area contributed by atoms with Crippen LogP contribution in [0.1, 0.15) is 38.1 Å². The number of nitrogens with one attached hydrogen (secondary N) is 1. The van der Waals surface area contributed by atoms with Crippen molar-refractivity contribution >= 4 is 5.91 Å². The van der Waals surface area contributed by atoms with Gasteiger partial charge in [-0.2, -0.15) is 10.2 Å². The summed E-state index contributed by atoms with van der Waals surface area (Å²) in [4.78, 5) is 16.9. The van der Waals surface area contributed by atoms with Crippen LogP contribution in [0, 0.1) is 5.41 Å². The molecule has 2 aromatic rings. The van der Waals surface area contributed by atoms with Gasteiger partial charge in [-0.25, -0.2) is 4.98 Å². The molecule has 1 atom stereocenters. The van der Waals surface area contributed by atoms with E-state index < -0.39 is 0 Å². The predicted octanol–water partition coefficient (Wildman–Crippen LogP) is 1.06. The van der Waals surface area contributed by atoms with Crippen molar-refractivity contribution in [1.29, 1.82) is 0 Å². The van der Waals surface area contributed by atoms with Crippen molar-refractivity contribution in [2.75, 3.05) is 0 Å². The van der Waals surface area contributed by atoms with Gasteiger partial charge in [0.2, 0.25) is 5.91 Å². The fourth-order valence-corrected chi connectivity index (χ4v) is 2.59. The first-order chi connectivity index (χ1) is 10.1. The van der Waals surface area contributed by atoms with Gasteiger partial charge in [0, 0.05) is 19.4 Å². The molecule has 1 fully saturated rings. The van der Waals surface area contributed by atoms with Gasteiger partial charge in [0.05, 0.1) is 18.0 Å². The molecule has 1 aliphatic carbocycles. The van der Waals surface area contributed by atoms with Gasteiger partial charge < -0.3 is 5.32 Å². The van der Waals surface area contributed by atoms with E-state index in [1.807, 2.05) is 30.9 Å². The molecule has 21 heavy (non-hydrogen) atoms. The largest absolute Gasteiger partial charge is 0.346 e. The summed E-state index contributed by atoms with van der Waals surface area (Å²) < 4.78 is 3.54. The highest BCUT2D eigenvalue weighted by atomic mass is 16.2. The van der Waals surface area contributed by atoms with E-state index >= 15 is 0 Å². The van der Waals surface area contributed by atoms with E-state index in [1.54, 1.807) is 10.9 Å². The van der Waals surface area contributed by atoms with Crippen LogP contribution >= 0.6 is 0 Å². The Kier molecular flexibility index (Phi) is 3.48. The standard InChI is InChI=1S/C14H20N6O/c1-3-11(12-15-10-17-19(12)2)18-13(21)14(5-6-14)9-20-8-4-7-16-20/h4,7-8,10-11H,3,5-6,9H2,1-2H3,(H,18,21)/t11-/m0/s1. The Morgan fingerprint density at radius 3 is 2.81 bits per heavy atom. The topological polar surface area (TPSA) is 77.6 Å². The zero-order valence-corrected chi connectivity index (χ0v) is 12.4. The minimum atomic E-state index is -0.308. The first-order valence-electron chi connectivity index (χ1n) is 7.27. The lowest BCUT2D eigenvalue weighted by Crippen LogP contribution is -2.38. The number of nitrogens with zero attached hydrogens (tertiary/aromatic N) is 5. The maximum Gasteiger partial charge on any atom is 0.228 e. The van der Waals surface area contributed by atoms with Gasteiger partial charge in [-0.05, 0) is 25.3 Å². The lowest BCUT2D eigenvalue weighted by Gasteiger charge is -2.21. The maximum atomic E-state index is 12.6. The van der Waals surface area contributed by atoms with Gasteiger partial charge in [0.25, 0.3) is 0 Å². The number of hydrogen-bond donors (Lipinski definition) is 1. The van der Waals surface area contributed by atoms with E-state index in [1.165, 1.54) is 6.33 Å². The van der Waals surface area contributed by atoms with Crippen LogP contribution in [0.2, 0.25) is 0 Å². The highest BCUT2D eigenvalue weighted by molar-refractivity contribution is 5.85. The molecule has 0 radical (unpaired) electrons. The van der Waals surface area contributed by atoms with Crippen molar-refractivity contribution in [2.45, 2.75) is 38.8 Å². The molecule has 0 aromatic carbocycles. The van der Waals surface area contributed by atoms with Crippen LogP contribution in [0.5, 0.6) is 0 Å².